The molecule has 0 N–H and O–H groups in total. The van der Waals surface area contributed by atoms with E-state index in [1.807, 2.05) is 48.2 Å². The molecule has 2 aromatic heterocycles. The highest BCUT2D eigenvalue weighted by Crippen LogP contribution is 2.29. The second-order valence-corrected chi connectivity index (χ2v) is 7.92. The van der Waals surface area contributed by atoms with E-state index >= 15 is 0 Å². The van der Waals surface area contributed by atoms with Crippen LogP contribution in [0.2, 0.25) is 0 Å². The summed E-state index contributed by atoms with van der Waals surface area (Å²) < 4.78 is 0. The van der Waals surface area contributed by atoms with Gasteiger partial charge in [0.1, 0.15) is 0 Å². The molecule has 1 aliphatic heterocycles. The minimum atomic E-state index is 0.108. The summed E-state index contributed by atoms with van der Waals surface area (Å²) in [7, 11) is 0. The number of aromatic nitrogens is 2. The first kappa shape index (κ1) is 17.7. The van der Waals surface area contributed by atoms with Crippen molar-refractivity contribution in [3.05, 3.63) is 59.9 Å². The number of benzene rings is 1. The van der Waals surface area contributed by atoms with Gasteiger partial charge in [-0.1, -0.05) is 32.0 Å². The van der Waals surface area contributed by atoms with Crippen molar-refractivity contribution in [2.24, 2.45) is 11.8 Å². The van der Waals surface area contributed by atoms with Gasteiger partial charge >= 0.3 is 0 Å². The SMILES string of the molecule is Cc1cccc2c(C(=O)N3C[C@H](C)C[C@@H](C)C3)cc(-c3cccnc3)nc12. The van der Waals surface area contributed by atoms with Gasteiger partial charge in [-0.05, 0) is 48.9 Å². The lowest BCUT2D eigenvalue weighted by Crippen LogP contribution is -2.42. The number of para-hydroxylation sites is 1. The molecule has 0 bridgehead atoms. The molecule has 3 aromatic rings. The first-order valence-electron chi connectivity index (χ1n) is 9.63. The largest absolute Gasteiger partial charge is 0.338 e. The first-order chi connectivity index (χ1) is 13.0. The molecular weight excluding hydrogens is 334 g/mol. The Morgan fingerprint density at radius 2 is 1.89 bits per heavy atom. The predicted molar refractivity (Wildman–Crippen MR) is 109 cm³/mol. The third-order valence-corrected chi connectivity index (χ3v) is 5.39. The van der Waals surface area contributed by atoms with Gasteiger partial charge in [0.15, 0.2) is 0 Å². The van der Waals surface area contributed by atoms with Crippen molar-refractivity contribution in [3.63, 3.8) is 0 Å². The number of nitrogens with zero attached hydrogens (tertiary/aromatic N) is 3. The van der Waals surface area contributed by atoms with E-state index in [1.165, 1.54) is 6.42 Å². The summed E-state index contributed by atoms with van der Waals surface area (Å²) in [6.45, 7) is 8.14. The Labute approximate surface area is 160 Å². The number of carbonyl (C=O) groups is 1. The topological polar surface area (TPSA) is 46.1 Å². The molecule has 0 unspecified atom stereocenters. The van der Waals surface area contributed by atoms with E-state index in [2.05, 4.69) is 18.8 Å². The second-order valence-electron chi connectivity index (χ2n) is 7.92. The molecule has 27 heavy (non-hydrogen) atoms. The number of likely N-dealkylation sites (tertiary alicyclic amines) is 1. The highest BCUT2D eigenvalue weighted by molar-refractivity contribution is 6.07. The molecule has 0 radical (unpaired) electrons. The number of aryl methyl sites for hydroxylation is 1. The van der Waals surface area contributed by atoms with Crippen LogP contribution in [0, 0.1) is 18.8 Å². The Bertz CT molecular complexity index is 974. The maximum atomic E-state index is 13.5. The lowest BCUT2D eigenvalue weighted by Gasteiger charge is -2.35. The van der Waals surface area contributed by atoms with Crippen molar-refractivity contribution in [2.75, 3.05) is 13.1 Å². The minimum absolute atomic E-state index is 0.108. The van der Waals surface area contributed by atoms with Gasteiger partial charge in [-0.2, -0.15) is 0 Å². The Hall–Kier alpha value is -2.75. The van der Waals surface area contributed by atoms with Crippen LogP contribution < -0.4 is 0 Å². The summed E-state index contributed by atoms with van der Waals surface area (Å²) in [5, 5.41) is 0.929. The fourth-order valence-corrected chi connectivity index (χ4v) is 4.23. The molecule has 0 saturated carbocycles. The van der Waals surface area contributed by atoms with E-state index in [9.17, 15) is 4.79 Å². The van der Waals surface area contributed by atoms with Crippen LogP contribution in [0.5, 0.6) is 0 Å². The summed E-state index contributed by atoms with van der Waals surface area (Å²) in [5.41, 5.74) is 4.43. The van der Waals surface area contributed by atoms with E-state index in [0.717, 1.165) is 46.4 Å². The van der Waals surface area contributed by atoms with Gasteiger partial charge in [-0.15, -0.1) is 0 Å². The van der Waals surface area contributed by atoms with Crippen molar-refractivity contribution < 1.29 is 4.79 Å². The van der Waals surface area contributed by atoms with Crippen LogP contribution in [0.1, 0.15) is 36.2 Å². The lowest BCUT2D eigenvalue weighted by molar-refractivity contribution is 0.0625. The van der Waals surface area contributed by atoms with Crippen LogP contribution in [-0.4, -0.2) is 33.9 Å². The molecule has 0 aliphatic carbocycles. The standard InChI is InChI=1S/C23H25N3O/c1-15-10-16(2)14-26(13-15)23(27)20-11-21(18-7-5-9-24-12-18)25-22-17(3)6-4-8-19(20)22/h4-9,11-12,15-16H,10,13-14H2,1-3H3/t15-,16-/m1/s1. The highest BCUT2D eigenvalue weighted by Gasteiger charge is 2.27. The van der Waals surface area contributed by atoms with E-state index in [-0.39, 0.29) is 5.91 Å². The number of amides is 1. The molecule has 1 amide bonds. The number of hydrogen-bond donors (Lipinski definition) is 0. The van der Waals surface area contributed by atoms with E-state index in [0.29, 0.717) is 11.8 Å². The van der Waals surface area contributed by atoms with Crippen molar-refractivity contribution in [2.45, 2.75) is 27.2 Å². The van der Waals surface area contributed by atoms with Gasteiger partial charge in [-0.25, -0.2) is 4.98 Å². The molecule has 1 fully saturated rings. The molecule has 1 aliphatic rings. The Morgan fingerprint density at radius 1 is 1.11 bits per heavy atom. The number of fused-ring (bicyclic) bond motifs is 1. The summed E-state index contributed by atoms with van der Waals surface area (Å²) in [6, 6.07) is 11.9. The highest BCUT2D eigenvalue weighted by atomic mass is 16.2. The number of rotatable bonds is 2. The van der Waals surface area contributed by atoms with Gasteiger partial charge in [0.25, 0.3) is 5.91 Å². The minimum Gasteiger partial charge on any atom is -0.338 e. The van der Waals surface area contributed by atoms with Crippen LogP contribution >= 0.6 is 0 Å². The van der Waals surface area contributed by atoms with Gasteiger partial charge in [0, 0.05) is 36.4 Å². The maximum absolute atomic E-state index is 13.5. The van der Waals surface area contributed by atoms with Gasteiger partial charge in [0.05, 0.1) is 16.8 Å². The van der Waals surface area contributed by atoms with Crippen molar-refractivity contribution in [1.82, 2.24) is 14.9 Å². The summed E-state index contributed by atoms with van der Waals surface area (Å²) in [4.78, 5) is 24.6. The number of carbonyl (C=O) groups excluding carboxylic acids is 1. The second kappa shape index (κ2) is 7.10. The first-order valence-corrected chi connectivity index (χ1v) is 9.63. The Kier molecular flexibility index (Phi) is 4.65. The number of hydrogen-bond acceptors (Lipinski definition) is 3. The molecule has 1 saturated heterocycles. The Morgan fingerprint density at radius 3 is 2.59 bits per heavy atom. The molecule has 4 rings (SSSR count). The summed E-state index contributed by atoms with van der Waals surface area (Å²) in [6.07, 6.45) is 4.73. The molecule has 138 valence electrons. The molecule has 2 atom stereocenters. The van der Waals surface area contributed by atoms with E-state index < -0.39 is 0 Å². The van der Waals surface area contributed by atoms with Crippen LogP contribution in [0.4, 0.5) is 0 Å². The van der Waals surface area contributed by atoms with Crippen molar-refractivity contribution in [3.8, 4) is 11.3 Å². The number of piperidine rings is 1. The molecule has 4 heteroatoms. The fraction of sp³-hybridized carbons (Fsp3) is 0.348. The van der Waals surface area contributed by atoms with Crippen molar-refractivity contribution in [1.29, 1.82) is 0 Å². The molecule has 0 spiro atoms. The van der Waals surface area contributed by atoms with Gasteiger partial charge in [-0.3, -0.25) is 9.78 Å². The quantitative estimate of drug-likeness (QED) is 0.665. The third-order valence-electron chi connectivity index (χ3n) is 5.39. The normalized spacial score (nSPS) is 20.0. The van der Waals surface area contributed by atoms with Crippen LogP contribution in [0.25, 0.3) is 22.2 Å². The van der Waals surface area contributed by atoms with E-state index in [4.69, 9.17) is 4.98 Å². The zero-order valence-electron chi connectivity index (χ0n) is 16.1. The molecule has 1 aromatic carbocycles. The third kappa shape index (κ3) is 3.44. The average Bonchev–Trinajstić information content (AvgIpc) is 2.67. The predicted octanol–water partition coefficient (Wildman–Crippen LogP) is 4.72. The summed E-state index contributed by atoms with van der Waals surface area (Å²) >= 11 is 0. The molecule has 4 nitrogen and oxygen atoms in total. The number of pyridine rings is 2. The monoisotopic (exact) mass is 359 g/mol. The molecular formula is C23H25N3O. The maximum Gasteiger partial charge on any atom is 0.254 e. The zero-order valence-corrected chi connectivity index (χ0v) is 16.1. The lowest BCUT2D eigenvalue weighted by atomic mass is 9.91. The van der Waals surface area contributed by atoms with Gasteiger partial charge < -0.3 is 4.90 Å². The average molecular weight is 359 g/mol. The van der Waals surface area contributed by atoms with Crippen molar-refractivity contribution >= 4 is 16.8 Å². The Balaban J connectivity index is 1.86. The smallest absolute Gasteiger partial charge is 0.254 e. The van der Waals surface area contributed by atoms with E-state index in [1.54, 1.807) is 12.4 Å². The van der Waals surface area contributed by atoms with Crippen LogP contribution in [-0.2, 0) is 0 Å². The van der Waals surface area contributed by atoms with Gasteiger partial charge in [0.2, 0.25) is 0 Å². The van der Waals surface area contributed by atoms with Crippen LogP contribution in [0.15, 0.2) is 48.8 Å². The van der Waals surface area contributed by atoms with Crippen LogP contribution in [0.3, 0.4) is 0 Å². The molecule has 3 heterocycles. The zero-order chi connectivity index (χ0) is 19.0. The summed E-state index contributed by atoms with van der Waals surface area (Å²) in [5.74, 6) is 1.17. The fourth-order valence-electron chi connectivity index (χ4n) is 4.23.